The number of piperidine rings is 1. The van der Waals surface area contributed by atoms with Crippen LogP contribution in [0.4, 0.5) is 4.39 Å². The number of benzene rings is 2. The minimum Gasteiger partial charge on any atom is -0.496 e. The highest BCUT2D eigenvalue weighted by molar-refractivity contribution is 5.95. The molecule has 0 atom stereocenters. The maximum atomic E-state index is 14.0. The SMILES string of the molecule is COc1ccc(F)cc1-c1ccnc2[nH]c(C3CCN(Cc4nc5ccccc5[nH]4)CC3)cc12. The molecule has 0 bridgehead atoms. The van der Waals surface area contributed by atoms with E-state index in [1.807, 2.05) is 24.3 Å². The molecule has 1 saturated heterocycles. The normalized spacial score (nSPS) is 15.4. The van der Waals surface area contributed by atoms with E-state index >= 15 is 0 Å². The van der Waals surface area contributed by atoms with Gasteiger partial charge in [-0.3, -0.25) is 4.90 Å². The molecule has 0 unspecified atom stereocenters. The van der Waals surface area contributed by atoms with Crippen molar-refractivity contribution in [3.05, 3.63) is 78.1 Å². The number of hydrogen-bond acceptors (Lipinski definition) is 4. The number of halogens is 1. The second kappa shape index (κ2) is 8.57. The summed E-state index contributed by atoms with van der Waals surface area (Å²) in [7, 11) is 1.61. The summed E-state index contributed by atoms with van der Waals surface area (Å²) in [5.41, 5.74) is 5.77. The van der Waals surface area contributed by atoms with Gasteiger partial charge >= 0.3 is 0 Å². The maximum Gasteiger partial charge on any atom is 0.138 e. The van der Waals surface area contributed by atoms with Crippen molar-refractivity contribution < 1.29 is 9.13 Å². The topological polar surface area (TPSA) is 69.8 Å². The lowest BCUT2D eigenvalue weighted by molar-refractivity contribution is 0.200. The van der Waals surface area contributed by atoms with Gasteiger partial charge in [0.2, 0.25) is 0 Å². The summed E-state index contributed by atoms with van der Waals surface area (Å²) in [5, 5.41) is 0.992. The van der Waals surface area contributed by atoms with Gasteiger partial charge in [-0.1, -0.05) is 12.1 Å². The van der Waals surface area contributed by atoms with E-state index in [-0.39, 0.29) is 5.82 Å². The Kier molecular flexibility index (Phi) is 5.26. The van der Waals surface area contributed by atoms with E-state index < -0.39 is 0 Å². The molecule has 7 heteroatoms. The van der Waals surface area contributed by atoms with E-state index in [1.165, 1.54) is 17.8 Å². The Morgan fingerprint density at radius 3 is 2.71 bits per heavy atom. The van der Waals surface area contributed by atoms with Crippen molar-refractivity contribution in [2.75, 3.05) is 20.2 Å². The summed E-state index contributed by atoms with van der Waals surface area (Å²) in [5.74, 6) is 1.82. The molecule has 5 aromatic rings. The van der Waals surface area contributed by atoms with Gasteiger partial charge < -0.3 is 14.7 Å². The minimum atomic E-state index is -0.284. The second-order valence-electron chi connectivity index (χ2n) is 8.94. The van der Waals surface area contributed by atoms with Crippen molar-refractivity contribution in [3.63, 3.8) is 0 Å². The number of H-pyrrole nitrogens is 2. The van der Waals surface area contributed by atoms with Gasteiger partial charge in [-0.15, -0.1) is 0 Å². The number of para-hydroxylation sites is 2. The van der Waals surface area contributed by atoms with Crippen LogP contribution in [0.5, 0.6) is 5.75 Å². The van der Waals surface area contributed by atoms with Gasteiger partial charge in [0.1, 0.15) is 23.0 Å². The van der Waals surface area contributed by atoms with Crippen LogP contribution >= 0.6 is 0 Å². The molecule has 34 heavy (non-hydrogen) atoms. The van der Waals surface area contributed by atoms with Crippen molar-refractivity contribution >= 4 is 22.1 Å². The Hall–Kier alpha value is -3.71. The number of pyridine rings is 1. The zero-order chi connectivity index (χ0) is 23.1. The first-order valence-electron chi connectivity index (χ1n) is 11.7. The fraction of sp³-hybridized carbons (Fsp3) is 0.259. The van der Waals surface area contributed by atoms with Gasteiger partial charge in [-0.25, -0.2) is 14.4 Å². The largest absolute Gasteiger partial charge is 0.496 e. The van der Waals surface area contributed by atoms with Gasteiger partial charge in [0.05, 0.1) is 24.7 Å². The van der Waals surface area contributed by atoms with Crippen LogP contribution in [-0.2, 0) is 6.54 Å². The summed E-state index contributed by atoms with van der Waals surface area (Å²) < 4.78 is 19.5. The standard InChI is InChI=1S/C27H26FN5O/c1-34-25-7-6-18(28)14-20(25)19-8-11-29-27-21(19)15-24(32-27)17-9-12-33(13-10-17)16-26-30-22-4-2-3-5-23(22)31-26/h2-8,11,14-15,17H,9-10,12-13,16H2,1H3,(H,29,32)(H,30,31). The Morgan fingerprint density at radius 1 is 1.03 bits per heavy atom. The van der Waals surface area contributed by atoms with E-state index in [4.69, 9.17) is 9.72 Å². The highest BCUT2D eigenvalue weighted by Crippen LogP contribution is 2.37. The van der Waals surface area contributed by atoms with Gasteiger partial charge in [0.25, 0.3) is 0 Å². The fourth-order valence-electron chi connectivity index (χ4n) is 5.09. The molecule has 1 fully saturated rings. The molecular weight excluding hydrogens is 429 g/mol. The quantitative estimate of drug-likeness (QED) is 0.360. The van der Waals surface area contributed by atoms with Crippen molar-refractivity contribution in [1.29, 1.82) is 0 Å². The van der Waals surface area contributed by atoms with Gasteiger partial charge in [0.15, 0.2) is 0 Å². The number of aromatic amines is 2. The zero-order valence-electron chi connectivity index (χ0n) is 19.0. The van der Waals surface area contributed by atoms with E-state index in [0.29, 0.717) is 11.7 Å². The molecule has 4 heterocycles. The number of imidazole rings is 1. The number of rotatable bonds is 5. The van der Waals surface area contributed by atoms with Gasteiger partial charge in [0, 0.05) is 28.8 Å². The molecule has 3 aromatic heterocycles. The lowest BCUT2D eigenvalue weighted by Gasteiger charge is -2.30. The van der Waals surface area contributed by atoms with E-state index in [9.17, 15) is 4.39 Å². The molecule has 0 amide bonds. The fourth-order valence-corrected chi connectivity index (χ4v) is 5.09. The lowest BCUT2D eigenvalue weighted by atomic mass is 9.93. The maximum absolute atomic E-state index is 14.0. The predicted octanol–water partition coefficient (Wildman–Crippen LogP) is 5.63. The second-order valence-corrected chi connectivity index (χ2v) is 8.94. The third-order valence-electron chi connectivity index (χ3n) is 6.84. The number of fused-ring (bicyclic) bond motifs is 2. The van der Waals surface area contributed by atoms with Crippen molar-refractivity contribution in [2.45, 2.75) is 25.3 Å². The first-order valence-corrected chi connectivity index (χ1v) is 11.7. The summed E-state index contributed by atoms with van der Waals surface area (Å²) in [4.78, 5) is 18.7. The van der Waals surface area contributed by atoms with Crippen LogP contribution in [0.15, 0.2) is 60.8 Å². The number of hydrogen-bond donors (Lipinski definition) is 2. The third-order valence-corrected chi connectivity index (χ3v) is 6.84. The van der Waals surface area contributed by atoms with Crippen molar-refractivity contribution in [3.8, 4) is 16.9 Å². The van der Waals surface area contributed by atoms with Crippen LogP contribution in [0, 0.1) is 5.82 Å². The third kappa shape index (κ3) is 3.82. The summed E-state index contributed by atoms with van der Waals surface area (Å²) in [6.07, 6.45) is 3.88. The van der Waals surface area contributed by atoms with Crippen LogP contribution in [0.2, 0.25) is 0 Å². The Bertz CT molecular complexity index is 1430. The molecule has 1 aliphatic rings. The first-order chi connectivity index (χ1) is 16.7. The van der Waals surface area contributed by atoms with E-state index in [0.717, 1.165) is 71.5 Å². The summed E-state index contributed by atoms with van der Waals surface area (Å²) >= 11 is 0. The highest BCUT2D eigenvalue weighted by Gasteiger charge is 2.24. The molecule has 6 rings (SSSR count). The smallest absolute Gasteiger partial charge is 0.138 e. The van der Waals surface area contributed by atoms with Gasteiger partial charge in [-0.05, 0) is 74.0 Å². The van der Waals surface area contributed by atoms with E-state index in [1.54, 1.807) is 19.4 Å². The Labute approximate surface area is 196 Å². The van der Waals surface area contributed by atoms with Gasteiger partial charge in [-0.2, -0.15) is 0 Å². The summed E-state index contributed by atoms with van der Waals surface area (Å²) in [6.45, 7) is 2.85. The molecule has 0 radical (unpaired) electrons. The molecule has 2 N–H and O–H groups in total. The number of nitrogens with one attached hydrogen (secondary N) is 2. The summed E-state index contributed by atoms with van der Waals surface area (Å²) in [6, 6.07) is 16.9. The van der Waals surface area contributed by atoms with E-state index in [2.05, 4.69) is 32.0 Å². The average Bonchev–Trinajstić information content (AvgIpc) is 3.48. The van der Waals surface area contributed by atoms with Crippen LogP contribution < -0.4 is 4.74 Å². The molecule has 0 saturated carbocycles. The average molecular weight is 456 g/mol. The van der Waals surface area contributed by atoms with Crippen molar-refractivity contribution in [1.82, 2.24) is 24.8 Å². The molecule has 172 valence electrons. The molecular formula is C27H26FN5O. The van der Waals surface area contributed by atoms with Crippen LogP contribution in [-0.4, -0.2) is 45.0 Å². The molecule has 0 aliphatic carbocycles. The predicted molar refractivity (Wildman–Crippen MR) is 131 cm³/mol. The van der Waals surface area contributed by atoms with Crippen LogP contribution in [0.3, 0.4) is 0 Å². The zero-order valence-corrected chi connectivity index (χ0v) is 19.0. The Morgan fingerprint density at radius 2 is 1.88 bits per heavy atom. The number of aromatic nitrogens is 4. The Balaban J connectivity index is 1.21. The first kappa shape index (κ1) is 20.9. The number of methoxy groups -OCH3 is 1. The van der Waals surface area contributed by atoms with Crippen LogP contribution in [0.1, 0.15) is 30.3 Å². The molecule has 0 spiro atoms. The molecule has 1 aliphatic heterocycles. The number of nitrogens with zero attached hydrogens (tertiary/aromatic N) is 3. The number of ether oxygens (including phenoxy) is 1. The highest BCUT2D eigenvalue weighted by atomic mass is 19.1. The van der Waals surface area contributed by atoms with Crippen LogP contribution in [0.25, 0.3) is 33.2 Å². The molecule has 2 aromatic carbocycles. The number of likely N-dealkylation sites (tertiary alicyclic amines) is 1. The minimum absolute atomic E-state index is 0.284. The monoisotopic (exact) mass is 455 g/mol. The lowest BCUT2D eigenvalue weighted by Crippen LogP contribution is -2.32. The van der Waals surface area contributed by atoms with Crippen molar-refractivity contribution in [2.24, 2.45) is 0 Å². The molecule has 6 nitrogen and oxygen atoms in total.